The minimum Gasteiger partial charge on any atom is -0.388 e. The Hall–Kier alpha value is 0.610. The average Bonchev–Trinajstić information content (AvgIpc) is 2.13. The summed E-state index contributed by atoms with van der Waals surface area (Å²) in [6.07, 6.45) is -0.295. The first-order valence-corrected chi connectivity index (χ1v) is 6.65. The minimum atomic E-state index is -0.806. The van der Waals surface area contributed by atoms with Crippen molar-refractivity contribution in [2.24, 2.45) is 0 Å². The van der Waals surface area contributed by atoms with E-state index >= 15 is 0 Å². The molecular formula is C9H8BrClFIO. The van der Waals surface area contributed by atoms with Crippen molar-refractivity contribution in [1.82, 2.24) is 0 Å². The van der Waals surface area contributed by atoms with Gasteiger partial charge in [-0.05, 0) is 18.6 Å². The third kappa shape index (κ3) is 2.81. The fourth-order valence-corrected chi connectivity index (χ4v) is 2.42. The predicted molar refractivity (Wildman–Crippen MR) is 67.6 cm³/mol. The lowest BCUT2D eigenvalue weighted by molar-refractivity contribution is 0.170. The van der Waals surface area contributed by atoms with Gasteiger partial charge in [-0.3, -0.25) is 0 Å². The average molecular weight is 393 g/mol. The first kappa shape index (κ1) is 12.7. The Bertz CT molecular complexity index is 335. The monoisotopic (exact) mass is 392 g/mol. The molecule has 0 amide bonds. The third-order valence-electron chi connectivity index (χ3n) is 1.80. The van der Waals surface area contributed by atoms with E-state index in [0.717, 1.165) is 4.43 Å². The van der Waals surface area contributed by atoms with Crippen LogP contribution in [-0.2, 0) is 0 Å². The fraction of sp³-hybridized carbons (Fsp3) is 0.333. The molecule has 0 saturated carbocycles. The third-order valence-corrected chi connectivity index (χ3v) is 3.40. The molecule has 1 atom stereocenters. The summed E-state index contributed by atoms with van der Waals surface area (Å²) in [5.74, 6) is -0.543. The van der Waals surface area contributed by atoms with Crippen molar-refractivity contribution in [2.45, 2.75) is 12.5 Å². The summed E-state index contributed by atoms with van der Waals surface area (Å²) in [4.78, 5) is 0. The number of aliphatic hydroxyl groups excluding tert-OH is 1. The number of alkyl halides is 1. The molecule has 0 fully saturated rings. The van der Waals surface area contributed by atoms with Crippen molar-refractivity contribution in [3.05, 3.63) is 33.0 Å². The van der Waals surface area contributed by atoms with Crippen LogP contribution >= 0.6 is 50.1 Å². The van der Waals surface area contributed by atoms with Crippen molar-refractivity contribution in [3.8, 4) is 0 Å². The first-order chi connectivity index (χ1) is 6.57. The normalized spacial score (nSPS) is 12.9. The standard InChI is InChI=1S/C9H8BrClFIO/c10-5-1-2-6(11)9(12)8(5)7(14)3-4-13/h1-2,7,14H,3-4H2/t7-/m1/s1. The molecule has 0 aliphatic heterocycles. The van der Waals surface area contributed by atoms with Gasteiger partial charge in [-0.2, -0.15) is 0 Å². The molecule has 0 heterocycles. The number of benzene rings is 1. The molecule has 0 radical (unpaired) electrons. The Kier molecular flexibility index (Phi) is 5.10. The summed E-state index contributed by atoms with van der Waals surface area (Å²) < 4.78 is 14.8. The zero-order valence-electron chi connectivity index (χ0n) is 7.11. The van der Waals surface area contributed by atoms with Gasteiger partial charge in [-0.1, -0.05) is 50.1 Å². The van der Waals surface area contributed by atoms with Crippen LogP contribution in [0, 0.1) is 5.82 Å². The van der Waals surface area contributed by atoms with Crippen LogP contribution in [0.5, 0.6) is 0 Å². The topological polar surface area (TPSA) is 20.2 Å². The van der Waals surface area contributed by atoms with Crippen LogP contribution in [-0.4, -0.2) is 9.53 Å². The maximum atomic E-state index is 13.5. The van der Waals surface area contributed by atoms with Gasteiger partial charge >= 0.3 is 0 Å². The van der Waals surface area contributed by atoms with Gasteiger partial charge in [0.1, 0.15) is 5.82 Å². The van der Waals surface area contributed by atoms with Gasteiger partial charge in [0, 0.05) is 14.5 Å². The first-order valence-electron chi connectivity index (χ1n) is 3.95. The Morgan fingerprint density at radius 1 is 1.57 bits per heavy atom. The molecule has 0 bridgehead atoms. The van der Waals surface area contributed by atoms with Gasteiger partial charge in [0.15, 0.2) is 0 Å². The molecule has 0 aliphatic carbocycles. The van der Waals surface area contributed by atoms with Crippen LogP contribution in [0.2, 0.25) is 5.02 Å². The summed E-state index contributed by atoms with van der Waals surface area (Å²) in [6, 6.07) is 3.10. The fourth-order valence-electron chi connectivity index (χ4n) is 1.10. The van der Waals surface area contributed by atoms with Crippen LogP contribution in [0.3, 0.4) is 0 Å². The van der Waals surface area contributed by atoms with E-state index in [1.807, 2.05) is 0 Å². The number of hydrogen-bond donors (Lipinski definition) is 1. The van der Waals surface area contributed by atoms with Gasteiger partial charge in [0.25, 0.3) is 0 Å². The second kappa shape index (κ2) is 5.63. The van der Waals surface area contributed by atoms with E-state index in [1.54, 1.807) is 6.07 Å². The lowest BCUT2D eigenvalue weighted by Crippen LogP contribution is -2.03. The summed E-state index contributed by atoms with van der Waals surface area (Å²) in [5.41, 5.74) is 0.245. The molecule has 1 rings (SSSR count). The van der Waals surface area contributed by atoms with E-state index in [4.69, 9.17) is 11.6 Å². The lowest BCUT2D eigenvalue weighted by Gasteiger charge is -2.13. The molecular weight excluding hydrogens is 385 g/mol. The Labute approximate surface area is 109 Å². The van der Waals surface area contributed by atoms with E-state index < -0.39 is 11.9 Å². The van der Waals surface area contributed by atoms with Gasteiger partial charge < -0.3 is 5.11 Å². The molecule has 1 N–H and O–H groups in total. The molecule has 78 valence electrons. The van der Waals surface area contributed by atoms with E-state index in [0.29, 0.717) is 10.9 Å². The Morgan fingerprint density at radius 2 is 2.21 bits per heavy atom. The smallest absolute Gasteiger partial charge is 0.148 e. The molecule has 1 aromatic carbocycles. The highest BCUT2D eigenvalue weighted by Crippen LogP contribution is 2.32. The van der Waals surface area contributed by atoms with E-state index in [-0.39, 0.29) is 10.6 Å². The summed E-state index contributed by atoms with van der Waals surface area (Å²) in [7, 11) is 0. The molecule has 5 heteroatoms. The second-order valence-electron chi connectivity index (χ2n) is 2.75. The summed E-state index contributed by atoms with van der Waals surface area (Å²) >= 11 is 10.9. The minimum absolute atomic E-state index is 0.0377. The van der Waals surface area contributed by atoms with Gasteiger partial charge in [-0.25, -0.2) is 4.39 Å². The summed E-state index contributed by atoms with van der Waals surface area (Å²) in [5, 5.41) is 9.71. The van der Waals surface area contributed by atoms with Crippen LogP contribution < -0.4 is 0 Å². The van der Waals surface area contributed by atoms with Crippen LogP contribution in [0.4, 0.5) is 4.39 Å². The maximum absolute atomic E-state index is 13.5. The van der Waals surface area contributed by atoms with E-state index in [2.05, 4.69) is 38.5 Å². The molecule has 14 heavy (non-hydrogen) atoms. The largest absolute Gasteiger partial charge is 0.388 e. The van der Waals surface area contributed by atoms with Crippen LogP contribution in [0.15, 0.2) is 16.6 Å². The highest BCUT2D eigenvalue weighted by atomic mass is 127. The van der Waals surface area contributed by atoms with Crippen LogP contribution in [0.1, 0.15) is 18.1 Å². The molecule has 0 unspecified atom stereocenters. The quantitative estimate of drug-likeness (QED) is 0.466. The summed E-state index contributed by atoms with van der Waals surface area (Å²) in [6.45, 7) is 0. The van der Waals surface area contributed by atoms with E-state index in [1.165, 1.54) is 6.07 Å². The molecule has 0 spiro atoms. The van der Waals surface area contributed by atoms with Crippen molar-refractivity contribution >= 4 is 50.1 Å². The highest BCUT2D eigenvalue weighted by Gasteiger charge is 2.18. The van der Waals surface area contributed by atoms with Gasteiger partial charge in [-0.15, -0.1) is 0 Å². The lowest BCUT2D eigenvalue weighted by atomic mass is 10.1. The SMILES string of the molecule is O[C@H](CCI)c1c(Br)ccc(Cl)c1F. The van der Waals surface area contributed by atoms with Crippen molar-refractivity contribution in [2.75, 3.05) is 4.43 Å². The Morgan fingerprint density at radius 3 is 2.79 bits per heavy atom. The number of aliphatic hydroxyl groups is 1. The highest BCUT2D eigenvalue weighted by molar-refractivity contribution is 14.1. The molecule has 1 aromatic rings. The predicted octanol–water partition coefficient (Wildman–Crippen LogP) is 4.10. The van der Waals surface area contributed by atoms with E-state index in [9.17, 15) is 9.50 Å². The molecule has 1 nitrogen and oxygen atoms in total. The van der Waals surface area contributed by atoms with Crippen molar-refractivity contribution in [3.63, 3.8) is 0 Å². The molecule has 0 saturated heterocycles. The van der Waals surface area contributed by atoms with Crippen molar-refractivity contribution < 1.29 is 9.50 Å². The maximum Gasteiger partial charge on any atom is 0.148 e. The van der Waals surface area contributed by atoms with Gasteiger partial charge in [0.2, 0.25) is 0 Å². The Balaban J connectivity index is 3.11. The zero-order chi connectivity index (χ0) is 10.7. The number of halogens is 4. The molecule has 0 aromatic heterocycles. The van der Waals surface area contributed by atoms with Gasteiger partial charge in [0.05, 0.1) is 11.1 Å². The van der Waals surface area contributed by atoms with Crippen LogP contribution in [0.25, 0.3) is 0 Å². The zero-order valence-corrected chi connectivity index (χ0v) is 11.6. The second-order valence-corrected chi connectivity index (χ2v) is 5.09. The number of rotatable bonds is 3. The van der Waals surface area contributed by atoms with Crippen molar-refractivity contribution in [1.29, 1.82) is 0 Å². The molecule has 0 aliphatic rings. The number of hydrogen-bond acceptors (Lipinski definition) is 1.